The van der Waals surface area contributed by atoms with Crippen LogP contribution in [0.3, 0.4) is 0 Å². The quantitative estimate of drug-likeness (QED) is 0.638. The predicted octanol–water partition coefficient (Wildman–Crippen LogP) is 2.87. The molecule has 0 bridgehead atoms. The van der Waals surface area contributed by atoms with Gasteiger partial charge in [0, 0.05) is 6.42 Å². The molecule has 70 valence electrons. The van der Waals surface area contributed by atoms with Crippen LogP contribution in [0.4, 0.5) is 8.78 Å². The van der Waals surface area contributed by atoms with Gasteiger partial charge in [0.1, 0.15) is 11.9 Å². The van der Waals surface area contributed by atoms with Crippen molar-refractivity contribution in [2.45, 2.75) is 32.3 Å². The van der Waals surface area contributed by atoms with E-state index in [1.54, 1.807) is 0 Å². The first kappa shape index (κ1) is 11.3. The molecule has 0 aromatic rings. The fourth-order valence-electron chi connectivity index (χ4n) is 0.715. The van der Waals surface area contributed by atoms with E-state index in [9.17, 15) is 8.78 Å². The molecule has 0 aliphatic rings. The summed E-state index contributed by atoms with van der Waals surface area (Å²) >= 11 is 0. The molecule has 0 spiro atoms. The smallest absolute Gasteiger partial charge is 0.164 e. The van der Waals surface area contributed by atoms with Crippen molar-refractivity contribution in [1.82, 2.24) is 0 Å². The molecule has 0 fully saturated rings. The van der Waals surface area contributed by atoms with Gasteiger partial charge in [-0.3, -0.25) is 0 Å². The zero-order chi connectivity index (χ0) is 9.56. The van der Waals surface area contributed by atoms with Crippen molar-refractivity contribution in [3.8, 4) is 0 Å². The van der Waals surface area contributed by atoms with Crippen LogP contribution in [0.5, 0.6) is 0 Å². The van der Waals surface area contributed by atoms with Crippen molar-refractivity contribution in [3.63, 3.8) is 0 Å². The summed E-state index contributed by atoms with van der Waals surface area (Å²) in [6, 6.07) is 0. The highest BCUT2D eigenvalue weighted by atomic mass is 19.2. The number of unbranched alkanes of at least 4 members (excludes halogenated alkanes) is 1. The van der Waals surface area contributed by atoms with Crippen LogP contribution in [0.1, 0.15) is 26.2 Å². The van der Waals surface area contributed by atoms with Gasteiger partial charge in [0.15, 0.2) is 5.83 Å². The van der Waals surface area contributed by atoms with Gasteiger partial charge in [0.25, 0.3) is 0 Å². The van der Waals surface area contributed by atoms with Crippen molar-refractivity contribution in [1.29, 1.82) is 0 Å². The number of aliphatic hydroxyl groups excluding tert-OH is 1. The number of aliphatic hydroxyl groups is 1. The van der Waals surface area contributed by atoms with Crippen LogP contribution >= 0.6 is 0 Å². The van der Waals surface area contributed by atoms with Crippen LogP contribution in [-0.2, 0) is 0 Å². The molecular weight excluding hydrogens is 162 g/mol. The minimum atomic E-state index is -1.50. The molecule has 12 heavy (non-hydrogen) atoms. The first-order valence-corrected chi connectivity index (χ1v) is 3.98. The Kier molecular flexibility index (Phi) is 5.54. The summed E-state index contributed by atoms with van der Waals surface area (Å²) in [5, 5.41) is 8.81. The van der Waals surface area contributed by atoms with Gasteiger partial charge in [-0.1, -0.05) is 19.4 Å². The highest BCUT2D eigenvalue weighted by molar-refractivity contribution is 5.10. The van der Waals surface area contributed by atoms with Crippen molar-refractivity contribution >= 4 is 0 Å². The third-order valence-electron chi connectivity index (χ3n) is 1.49. The topological polar surface area (TPSA) is 20.2 Å². The lowest BCUT2D eigenvalue weighted by Gasteiger charge is -2.03. The zero-order valence-electron chi connectivity index (χ0n) is 7.19. The molecule has 0 amide bonds. The van der Waals surface area contributed by atoms with Gasteiger partial charge in [-0.2, -0.15) is 0 Å². The Balaban J connectivity index is 4.14. The van der Waals surface area contributed by atoms with E-state index < -0.39 is 17.8 Å². The number of allylic oxidation sites excluding steroid dienone is 1. The summed E-state index contributed by atoms with van der Waals surface area (Å²) in [7, 11) is 0. The molecule has 0 radical (unpaired) electrons. The lowest BCUT2D eigenvalue weighted by Crippen LogP contribution is -2.03. The van der Waals surface area contributed by atoms with Crippen molar-refractivity contribution in [3.05, 3.63) is 24.3 Å². The van der Waals surface area contributed by atoms with Crippen LogP contribution in [0.15, 0.2) is 24.3 Å². The van der Waals surface area contributed by atoms with Gasteiger partial charge in [0.05, 0.1) is 0 Å². The van der Waals surface area contributed by atoms with Crippen molar-refractivity contribution in [2.75, 3.05) is 0 Å². The molecular formula is C9H14F2O. The summed E-state index contributed by atoms with van der Waals surface area (Å²) in [4.78, 5) is 0. The second-order valence-electron chi connectivity index (χ2n) is 2.54. The van der Waals surface area contributed by atoms with E-state index in [4.69, 9.17) is 5.11 Å². The predicted molar refractivity (Wildman–Crippen MR) is 45.0 cm³/mol. The molecule has 0 heterocycles. The summed E-state index contributed by atoms with van der Waals surface area (Å²) in [5.74, 6) is -1.98. The molecule has 3 heteroatoms. The number of rotatable bonds is 5. The molecule has 0 aliphatic carbocycles. The summed E-state index contributed by atoms with van der Waals surface area (Å²) in [6.45, 7) is 5.04. The third-order valence-corrected chi connectivity index (χ3v) is 1.49. The lowest BCUT2D eigenvalue weighted by atomic mass is 10.2. The maximum absolute atomic E-state index is 12.7. The van der Waals surface area contributed by atoms with Gasteiger partial charge in [-0.25, -0.2) is 8.78 Å². The van der Waals surface area contributed by atoms with E-state index in [2.05, 4.69) is 6.58 Å². The molecule has 1 nitrogen and oxygen atoms in total. The second kappa shape index (κ2) is 5.89. The van der Waals surface area contributed by atoms with Crippen LogP contribution in [0.2, 0.25) is 0 Å². The second-order valence-corrected chi connectivity index (χ2v) is 2.54. The van der Waals surface area contributed by atoms with E-state index in [-0.39, 0.29) is 6.42 Å². The van der Waals surface area contributed by atoms with Crippen LogP contribution in [-0.4, -0.2) is 11.2 Å². The van der Waals surface area contributed by atoms with Crippen LogP contribution in [0.25, 0.3) is 0 Å². The van der Waals surface area contributed by atoms with E-state index in [0.29, 0.717) is 6.42 Å². The first-order chi connectivity index (χ1) is 5.63. The maximum atomic E-state index is 12.7. The summed E-state index contributed by atoms with van der Waals surface area (Å²) in [6.07, 6.45) is 0.893. The highest BCUT2D eigenvalue weighted by Crippen LogP contribution is 2.18. The molecule has 0 saturated heterocycles. The minimum Gasteiger partial charge on any atom is -0.382 e. The Morgan fingerprint density at radius 2 is 2.17 bits per heavy atom. The van der Waals surface area contributed by atoms with Crippen molar-refractivity contribution in [2.24, 2.45) is 0 Å². The highest BCUT2D eigenvalue weighted by Gasteiger charge is 2.12. The Bertz CT molecular complexity index is 175. The molecule has 0 saturated carbocycles. The largest absolute Gasteiger partial charge is 0.382 e. The van der Waals surface area contributed by atoms with E-state index in [0.717, 1.165) is 12.5 Å². The van der Waals surface area contributed by atoms with Gasteiger partial charge in [-0.05, 0) is 6.42 Å². The summed E-state index contributed by atoms with van der Waals surface area (Å²) in [5.41, 5.74) is 0. The number of hydrogen-bond donors (Lipinski definition) is 1. The van der Waals surface area contributed by atoms with Gasteiger partial charge < -0.3 is 5.11 Å². The van der Waals surface area contributed by atoms with Crippen LogP contribution in [0, 0.1) is 0 Å². The molecule has 1 N–H and O–H groups in total. The molecule has 0 rings (SSSR count). The van der Waals surface area contributed by atoms with Crippen LogP contribution < -0.4 is 0 Å². The van der Waals surface area contributed by atoms with E-state index in [1.807, 2.05) is 6.92 Å². The Labute approximate surface area is 71.4 Å². The normalized spacial score (nSPS) is 15.3. The van der Waals surface area contributed by atoms with E-state index >= 15 is 0 Å². The Morgan fingerprint density at radius 3 is 2.58 bits per heavy atom. The molecule has 1 unspecified atom stereocenters. The molecule has 0 aromatic heterocycles. The Morgan fingerprint density at radius 1 is 1.58 bits per heavy atom. The average molecular weight is 176 g/mol. The lowest BCUT2D eigenvalue weighted by molar-refractivity contribution is 0.220. The van der Waals surface area contributed by atoms with Gasteiger partial charge in [-0.15, -0.1) is 6.58 Å². The van der Waals surface area contributed by atoms with Gasteiger partial charge >= 0.3 is 0 Å². The standard InChI is InChI=1S/C9H14F2O/c1-3-5-6-7(10)9(11)8(12)4-2/h4,8,12H,2-3,5-6H2,1H3/b9-7+. The fraction of sp³-hybridized carbons (Fsp3) is 0.556. The van der Waals surface area contributed by atoms with Gasteiger partial charge in [0.2, 0.25) is 0 Å². The molecule has 0 aliphatic heterocycles. The minimum absolute atomic E-state index is 0.0488. The monoisotopic (exact) mass is 176 g/mol. The fourth-order valence-corrected chi connectivity index (χ4v) is 0.715. The van der Waals surface area contributed by atoms with Crippen molar-refractivity contribution < 1.29 is 13.9 Å². The SMILES string of the molecule is C=CC(O)/C(F)=C(\F)CCCC. The maximum Gasteiger partial charge on any atom is 0.164 e. The first-order valence-electron chi connectivity index (χ1n) is 3.98. The third kappa shape index (κ3) is 3.62. The molecule has 0 aromatic carbocycles. The molecule has 1 atom stereocenters. The van der Waals surface area contributed by atoms with E-state index in [1.165, 1.54) is 0 Å². The Hall–Kier alpha value is -0.700. The average Bonchev–Trinajstić information content (AvgIpc) is 2.11. The summed E-state index contributed by atoms with van der Waals surface area (Å²) < 4.78 is 25.4. The zero-order valence-corrected chi connectivity index (χ0v) is 7.19. The number of hydrogen-bond acceptors (Lipinski definition) is 1. The number of halogens is 2.